The lowest BCUT2D eigenvalue weighted by Crippen LogP contribution is -2.33. The second-order valence-electron chi connectivity index (χ2n) is 3.91. The fraction of sp³-hybridized carbons (Fsp3) is 0.636. The zero-order valence-electron chi connectivity index (χ0n) is 11.3. The Kier molecular flexibility index (Phi) is 11.4. The van der Waals surface area contributed by atoms with E-state index in [4.69, 9.17) is 10.5 Å². The number of hydrogen-bond acceptors (Lipinski definition) is 5. The molecule has 1 heterocycles. The van der Waals surface area contributed by atoms with Crippen LogP contribution in [0.15, 0.2) is 5.51 Å². The molecule has 0 spiro atoms. The highest BCUT2D eigenvalue weighted by Gasteiger charge is 2.16. The van der Waals surface area contributed by atoms with Crippen molar-refractivity contribution in [2.75, 3.05) is 20.7 Å². The van der Waals surface area contributed by atoms with E-state index in [9.17, 15) is 4.79 Å². The van der Waals surface area contributed by atoms with Crippen molar-refractivity contribution in [2.24, 2.45) is 5.73 Å². The Balaban J connectivity index is 0. The second-order valence-corrected chi connectivity index (χ2v) is 4.85. The molecular formula is C11H21Cl2N3O2S. The molecule has 0 aliphatic carbocycles. The van der Waals surface area contributed by atoms with E-state index in [2.05, 4.69) is 4.98 Å². The van der Waals surface area contributed by atoms with E-state index in [0.717, 1.165) is 10.6 Å². The van der Waals surface area contributed by atoms with Gasteiger partial charge in [-0.1, -0.05) is 0 Å². The van der Waals surface area contributed by atoms with Crippen molar-refractivity contribution in [1.29, 1.82) is 0 Å². The Hall–Kier alpha value is -0.400. The van der Waals surface area contributed by atoms with Gasteiger partial charge >= 0.3 is 0 Å². The zero-order chi connectivity index (χ0) is 12.8. The van der Waals surface area contributed by atoms with Gasteiger partial charge in [0.15, 0.2) is 0 Å². The molecule has 19 heavy (non-hydrogen) atoms. The summed E-state index contributed by atoms with van der Waals surface area (Å²) in [7, 11) is 3.35. The van der Waals surface area contributed by atoms with Gasteiger partial charge in [0, 0.05) is 25.6 Å². The van der Waals surface area contributed by atoms with Gasteiger partial charge in [-0.15, -0.1) is 36.2 Å². The van der Waals surface area contributed by atoms with Gasteiger partial charge in [0.05, 0.1) is 30.3 Å². The summed E-state index contributed by atoms with van der Waals surface area (Å²) in [5.41, 5.74) is 8.26. The number of carbonyl (C=O) groups is 1. The standard InChI is InChI=1S/C11H19N3O2S.2ClH/c1-8-10(17-7-13-8)6-14(2)11(15)4-9(5-12)16-3;;/h7,9H,4-6,12H2,1-3H3;2*1H. The van der Waals surface area contributed by atoms with Crippen molar-refractivity contribution in [3.63, 3.8) is 0 Å². The molecule has 112 valence electrons. The molecule has 1 rings (SSSR count). The SMILES string of the molecule is COC(CN)CC(=O)N(C)Cc1scnc1C.Cl.Cl. The van der Waals surface area contributed by atoms with E-state index >= 15 is 0 Å². The Morgan fingerprint density at radius 1 is 1.58 bits per heavy atom. The summed E-state index contributed by atoms with van der Waals surface area (Å²) in [5, 5.41) is 0. The minimum atomic E-state index is -0.201. The van der Waals surface area contributed by atoms with Crippen molar-refractivity contribution in [1.82, 2.24) is 9.88 Å². The molecule has 0 aromatic carbocycles. The number of ether oxygens (including phenoxy) is 1. The first kappa shape index (κ1) is 20.9. The van der Waals surface area contributed by atoms with Crippen molar-refractivity contribution in [3.8, 4) is 0 Å². The number of nitrogens with zero attached hydrogens (tertiary/aromatic N) is 2. The third kappa shape index (κ3) is 6.54. The van der Waals surface area contributed by atoms with Crippen LogP contribution in [0.3, 0.4) is 0 Å². The maximum absolute atomic E-state index is 11.9. The third-order valence-electron chi connectivity index (χ3n) is 2.65. The Bertz CT molecular complexity index is 373. The molecule has 1 unspecified atom stereocenters. The minimum absolute atomic E-state index is 0. The summed E-state index contributed by atoms with van der Waals surface area (Å²) in [6.45, 7) is 2.90. The van der Waals surface area contributed by atoms with Crippen LogP contribution in [0.2, 0.25) is 0 Å². The zero-order valence-corrected chi connectivity index (χ0v) is 13.7. The Morgan fingerprint density at radius 2 is 2.21 bits per heavy atom. The average Bonchev–Trinajstić information content (AvgIpc) is 2.71. The molecule has 1 aromatic rings. The molecule has 2 N–H and O–H groups in total. The van der Waals surface area contributed by atoms with Crippen LogP contribution in [0, 0.1) is 6.92 Å². The van der Waals surface area contributed by atoms with Crippen LogP contribution < -0.4 is 5.73 Å². The predicted octanol–water partition coefficient (Wildman–Crippen LogP) is 1.62. The normalized spacial score (nSPS) is 11.2. The summed E-state index contributed by atoms with van der Waals surface area (Å²) in [6.07, 6.45) is 0.119. The van der Waals surface area contributed by atoms with E-state index in [1.165, 1.54) is 0 Å². The summed E-state index contributed by atoms with van der Waals surface area (Å²) >= 11 is 1.56. The number of nitrogens with two attached hydrogens (primary N) is 1. The Morgan fingerprint density at radius 3 is 2.63 bits per heavy atom. The van der Waals surface area contributed by atoms with Crippen LogP contribution in [0.25, 0.3) is 0 Å². The van der Waals surface area contributed by atoms with Gasteiger partial charge < -0.3 is 15.4 Å². The molecule has 0 saturated heterocycles. The van der Waals surface area contributed by atoms with E-state index in [0.29, 0.717) is 19.5 Å². The lowest BCUT2D eigenvalue weighted by atomic mass is 10.2. The minimum Gasteiger partial charge on any atom is -0.380 e. The van der Waals surface area contributed by atoms with Gasteiger partial charge in [-0.2, -0.15) is 0 Å². The topological polar surface area (TPSA) is 68.5 Å². The first-order chi connectivity index (χ1) is 8.08. The smallest absolute Gasteiger partial charge is 0.225 e. The van der Waals surface area contributed by atoms with Gasteiger partial charge in [0.25, 0.3) is 0 Å². The van der Waals surface area contributed by atoms with E-state index in [1.54, 1.807) is 35.9 Å². The molecule has 0 saturated carbocycles. The molecule has 0 fully saturated rings. The lowest BCUT2D eigenvalue weighted by molar-refractivity contribution is -0.132. The maximum atomic E-state index is 11.9. The summed E-state index contributed by atoms with van der Waals surface area (Å²) in [6, 6.07) is 0. The molecule has 1 aromatic heterocycles. The molecule has 0 aliphatic heterocycles. The van der Waals surface area contributed by atoms with Gasteiger partial charge in [-0.25, -0.2) is 4.98 Å². The largest absolute Gasteiger partial charge is 0.380 e. The first-order valence-electron chi connectivity index (χ1n) is 5.44. The number of halogens is 2. The molecule has 1 atom stereocenters. The van der Waals surface area contributed by atoms with Crippen LogP contribution in [0.5, 0.6) is 0 Å². The summed E-state index contributed by atoms with van der Waals surface area (Å²) in [4.78, 5) is 18.8. The fourth-order valence-electron chi connectivity index (χ4n) is 1.40. The molecule has 0 radical (unpaired) electrons. The lowest BCUT2D eigenvalue weighted by Gasteiger charge is -2.19. The number of aromatic nitrogens is 1. The first-order valence-corrected chi connectivity index (χ1v) is 6.32. The number of hydrogen-bond donors (Lipinski definition) is 1. The molecule has 0 aliphatic rings. The van der Waals surface area contributed by atoms with Crippen LogP contribution in [-0.2, 0) is 16.1 Å². The van der Waals surface area contributed by atoms with E-state index in [1.807, 2.05) is 6.92 Å². The van der Waals surface area contributed by atoms with Crippen molar-refractivity contribution in [3.05, 3.63) is 16.1 Å². The monoisotopic (exact) mass is 329 g/mol. The number of amides is 1. The van der Waals surface area contributed by atoms with Crippen LogP contribution in [0.4, 0.5) is 0 Å². The predicted molar refractivity (Wildman–Crippen MR) is 82.3 cm³/mol. The van der Waals surface area contributed by atoms with Gasteiger partial charge in [0.2, 0.25) is 5.91 Å². The highest BCUT2D eigenvalue weighted by Crippen LogP contribution is 2.14. The summed E-state index contributed by atoms with van der Waals surface area (Å²) in [5.74, 6) is 0.0371. The number of thiazole rings is 1. The number of carbonyl (C=O) groups excluding carboxylic acids is 1. The average molecular weight is 330 g/mol. The van der Waals surface area contributed by atoms with E-state index in [-0.39, 0.29) is 36.8 Å². The highest BCUT2D eigenvalue weighted by atomic mass is 35.5. The maximum Gasteiger partial charge on any atom is 0.225 e. The van der Waals surface area contributed by atoms with Gasteiger partial charge in [-0.05, 0) is 6.92 Å². The summed E-state index contributed by atoms with van der Waals surface area (Å²) < 4.78 is 5.10. The molecule has 5 nitrogen and oxygen atoms in total. The Labute approximate surface area is 130 Å². The molecule has 1 amide bonds. The quantitative estimate of drug-likeness (QED) is 0.861. The number of methoxy groups -OCH3 is 1. The highest BCUT2D eigenvalue weighted by molar-refractivity contribution is 7.09. The van der Waals surface area contributed by atoms with Crippen molar-refractivity contribution in [2.45, 2.75) is 26.0 Å². The van der Waals surface area contributed by atoms with Crippen LogP contribution in [-0.4, -0.2) is 42.6 Å². The molecule has 8 heteroatoms. The van der Waals surface area contributed by atoms with E-state index < -0.39 is 0 Å². The molecular weight excluding hydrogens is 309 g/mol. The number of aryl methyl sites for hydroxylation is 1. The van der Waals surface area contributed by atoms with Gasteiger partial charge in [-0.3, -0.25) is 4.79 Å². The number of rotatable bonds is 6. The third-order valence-corrected chi connectivity index (χ3v) is 3.57. The van der Waals surface area contributed by atoms with Crippen LogP contribution in [0.1, 0.15) is 17.0 Å². The molecule has 0 bridgehead atoms. The van der Waals surface area contributed by atoms with Crippen molar-refractivity contribution < 1.29 is 9.53 Å². The van der Waals surface area contributed by atoms with Gasteiger partial charge in [0.1, 0.15) is 0 Å². The van der Waals surface area contributed by atoms with Crippen LogP contribution >= 0.6 is 36.2 Å². The second kappa shape index (κ2) is 10.4. The fourth-order valence-corrected chi connectivity index (χ4v) is 2.22. The van der Waals surface area contributed by atoms with Crippen molar-refractivity contribution >= 4 is 42.1 Å².